The Morgan fingerprint density at radius 3 is 2.58 bits per heavy atom. The molecule has 7 heteroatoms. The van der Waals surface area contributed by atoms with Crippen LogP contribution >= 0.6 is 12.2 Å². The quantitative estimate of drug-likeness (QED) is 0.810. The molecule has 1 aliphatic rings. The van der Waals surface area contributed by atoms with Gasteiger partial charge in [0.2, 0.25) is 0 Å². The van der Waals surface area contributed by atoms with Gasteiger partial charge in [-0.05, 0) is 36.5 Å². The largest absolute Gasteiger partial charge is 0.497 e. The molecule has 0 spiro atoms. The SMILES string of the molecule is COc1ccc(NC(=S)N2CCN(Cc3ccccn3)CC2)c(OC)c1. The highest BCUT2D eigenvalue weighted by Crippen LogP contribution is 2.29. The molecule has 1 aromatic carbocycles. The Kier molecular flexibility index (Phi) is 6.25. The summed E-state index contributed by atoms with van der Waals surface area (Å²) in [7, 11) is 3.27. The lowest BCUT2D eigenvalue weighted by Crippen LogP contribution is -2.49. The summed E-state index contributed by atoms with van der Waals surface area (Å²) in [6.07, 6.45) is 1.84. The zero-order valence-corrected chi connectivity index (χ0v) is 16.0. The van der Waals surface area contributed by atoms with Crippen LogP contribution in [-0.2, 0) is 6.54 Å². The predicted molar refractivity (Wildman–Crippen MR) is 107 cm³/mol. The second-order valence-electron chi connectivity index (χ2n) is 6.08. The number of pyridine rings is 1. The van der Waals surface area contributed by atoms with Gasteiger partial charge < -0.3 is 19.7 Å². The molecule has 0 unspecified atom stereocenters. The lowest BCUT2D eigenvalue weighted by molar-refractivity contribution is 0.175. The minimum Gasteiger partial charge on any atom is -0.497 e. The number of thiocarbonyl (C=S) groups is 1. The number of hydrogen-bond donors (Lipinski definition) is 1. The zero-order chi connectivity index (χ0) is 18.4. The van der Waals surface area contributed by atoms with Crippen molar-refractivity contribution in [3.63, 3.8) is 0 Å². The molecule has 1 fully saturated rings. The minimum absolute atomic E-state index is 0.709. The third-order valence-corrected chi connectivity index (χ3v) is 4.78. The number of aromatic nitrogens is 1. The van der Waals surface area contributed by atoms with Crippen LogP contribution in [0.3, 0.4) is 0 Å². The summed E-state index contributed by atoms with van der Waals surface area (Å²) < 4.78 is 10.7. The fraction of sp³-hybridized carbons (Fsp3) is 0.368. The van der Waals surface area contributed by atoms with Gasteiger partial charge in [-0.2, -0.15) is 0 Å². The van der Waals surface area contributed by atoms with Crippen LogP contribution in [0.25, 0.3) is 0 Å². The Morgan fingerprint density at radius 1 is 1.12 bits per heavy atom. The van der Waals surface area contributed by atoms with E-state index in [0.717, 1.165) is 49.9 Å². The summed E-state index contributed by atoms with van der Waals surface area (Å²) in [5.74, 6) is 1.46. The highest BCUT2D eigenvalue weighted by molar-refractivity contribution is 7.80. The molecule has 1 aliphatic heterocycles. The number of rotatable bonds is 5. The van der Waals surface area contributed by atoms with Crippen molar-refractivity contribution in [2.24, 2.45) is 0 Å². The molecular formula is C19H24N4O2S. The Labute approximate surface area is 159 Å². The first-order chi connectivity index (χ1) is 12.7. The van der Waals surface area contributed by atoms with Gasteiger partial charge >= 0.3 is 0 Å². The van der Waals surface area contributed by atoms with Gasteiger partial charge in [-0.1, -0.05) is 6.07 Å². The van der Waals surface area contributed by atoms with Crippen molar-refractivity contribution < 1.29 is 9.47 Å². The van der Waals surface area contributed by atoms with Gasteiger partial charge in [-0.25, -0.2) is 0 Å². The summed E-state index contributed by atoms with van der Waals surface area (Å²) >= 11 is 5.59. The highest BCUT2D eigenvalue weighted by Gasteiger charge is 2.20. The number of anilines is 1. The van der Waals surface area contributed by atoms with Crippen LogP contribution in [0.15, 0.2) is 42.6 Å². The van der Waals surface area contributed by atoms with E-state index in [2.05, 4.69) is 26.2 Å². The van der Waals surface area contributed by atoms with Gasteiger partial charge in [0.05, 0.1) is 25.6 Å². The van der Waals surface area contributed by atoms with Crippen molar-refractivity contribution in [3.05, 3.63) is 48.3 Å². The highest BCUT2D eigenvalue weighted by atomic mass is 32.1. The molecule has 3 rings (SSSR count). The molecule has 138 valence electrons. The number of benzene rings is 1. The Bertz CT molecular complexity index is 734. The number of hydrogen-bond acceptors (Lipinski definition) is 5. The van der Waals surface area contributed by atoms with E-state index in [4.69, 9.17) is 21.7 Å². The van der Waals surface area contributed by atoms with Crippen LogP contribution in [0.4, 0.5) is 5.69 Å². The topological polar surface area (TPSA) is 49.9 Å². The molecule has 0 atom stereocenters. The van der Waals surface area contributed by atoms with Crippen molar-refractivity contribution in [1.82, 2.24) is 14.8 Å². The van der Waals surface area contributed by atoms with E-state index in [-0.39, 0.29) is 0 Å². The maximum absolute atomic E-state index is 5.59. The van der Waals surface area contributed by atoms with Crippen molar-refractivity contribution >= 4 is 23.0 Å². The standard InChI is InChI=1S/C19H24N4O2S/c1-24-16-6-7-17(18(13-16)25-2)21-19(26)23-11-9-22(10-12-23)14-15-5-3-4-8-20-15/h3-8,13H,9-12,14H2,1-2H3,(H,21,26). The smallest absolute Gasteiger partial charge is 0.173 e. The van der Waals surface area contributed by atoms with E-state index in [1.807, 2.05) is 36.5 Å². The first kappa shape index (κ1) is 18.4. The molecule has 1 aromatic heterocycles. The average molecular weight is 372 g/mol. The molecule has 1 N–H and O–H groups in total. The fourth-order valence-corrected chi connectivity index (χ4v) is 3.22. The summed E-state index contributed by atoms with van der Waals surface area (Å²) in [5, 5.41) is 4.01. The van der Waals surface area contributed by atoms with Crippen LogP contribution < -0.4 is 14.8 Å². The minimum atomic E-state index is 0.709. The maximum atomic E-state index is 5.59. The van der Waals surface area contributed by atoms with Gasteiger partial charge in [0, 0.05) is 45.0 Å². The first-order valence-corrected chi connectivity index (χ1v) is 9.00. The number of methoxy groups -OCH3 is 2. The molecule has 2 heterocycles. The van der Waals surface area contributed by atoms with Crippen molar-refractivity contribution in [1.29, 1.82) is 0 Å². The monoisotopic (exact) mass is 372 g/mol. The second kappa shape index (κ2) is 8.82. The van der Waals surface area contributed by atoms with Crippen molar-refractivity contribution in [3.8, 4) is 11.5 Å². The van der Waals surface area contributed by atoms with Gasteiger partial charge in [0.25, 0.3) is 0 Å². The zero-order valence-electron chi connectivity index (χ0n) is 15.1. The lowest BCUT2D eigenvalue weighted by Gasteiger charge is -2.36. The molecular weight excluding hydrogens is 348 g/mol. The van der Waals surface area contributed by atoms with Gasteiger partial charge in [0.1, 0.15) is 11.5 Å². The first-order valence-electron chi connectivity index (χ1n) is 8.60. The van der Waals surface area contributed by atoms with E-state index in [1.165, 1.54) is 0 Å². The molecule has 2 aromatic rings. The summed E-state index contributed by atoms with van der Waals surface area (Å²) in [6.45, 7) is 4.56. The van der Waals surface area contributed by atoms with Gasteiger partial charge in [-0.3, -0.25) is 9.88 Å². The van der Waals surface area contributed by atoms with Crippen LogP contribution in [0.2, 0.25) is 0 Å². The number of nitrogens with one attached hydrogen (secondary N) is 1. The van der Waals surface area contributed by atoms with E-state index in [0.29, 0.717) is 10.9 Å². The van der Waals surface area contributed by atoms with Gasteiger partial charge in [0.15, 0.2) is 5.11 Å². The number of nitrogens with zero attached hydrogens (tertiary/aromatic N) is 3. The molecule has 0 saturated carbocycles. The van der Waals surface area contributed by atoms with E-state index in [9.17, 15) is 0 Å². The van der Waals surface area contributed by atoms with Crippen molar-refractivity contribution in [2.75, 3.05) is 45.7 Å². The average Bonchev–Trinajstić information content (AvgIpc) is 2.69. The molecule has 0 radical (unpaired) electrons. The molecule has 1 saturated heterocycles. The van der Waals surface area contributed by atoms with Crippen LogP contribution in [0.1, 0.15) is 5.69 Å². The molecule has 0 amide bonds. The van der Waals surface area contributed by atoms with Crippen LogP contribution in [0, 0.1) is 0 Å². The normalized spacial score (nSPS) is 14.8. The second-order valence-corrected chi connectivity index (χ2v) is 6.47. The Hall–Kier alpha value is -2.38. The third-order valence-electron chi connectivity index (χ3n) is 4.42. The summed E-state index contributed by atoms with van der Waals surface area (Å²) in [4.78, 5) is 8.99. The lowest BCUT2D eigenvalue weighted by atomic mass is 10.2. The fourth-order valence-electron chi connectivity index (χ4n) is 2.93. The third kappa shape index (κ3) is 4.62. The van der Waals surface area contributed by atoms with Gasteiger partial charge in [-0.15, -0.1) is 0 Å². The molecule has 26 heavy (non-hydrogen) atoms. The molecule has 0 bridgehead atoms. The van der Waals surface area contributed by atoms with E-state index in [1.54, 1.807) is 14.2 Å². The maximum Gasteiger partial charge on any atom is 0.173 e. The van der Waals surface area contributed by atoms with E-state index < -0.39 is 0 Å². The number of piperazine rings is 1. The predicted octanol–water partition coefficient (Wildman–Crippen LogP) is 2.61. The summed E-state index contributed by atoms with van der Waals surface area (Å²) in [6, 6.07) is 11.7. The van der Waals surface area contributed by atoms with Crippen LogP contribution in [0.5, 0.6) is 11.5 Å². The van der Waals surface area contributed by atoms with E-state index >= 15 is 0 Å². The molecule has 0 aliphatic carbocycles. The Morgan fingerprint density at radius 2 is 1.92 bits per heavy atom. The van der Waals surface area contributed by atoms with Crippen molar-refractivity contribution in [2.45, 2.75) is 6.54 Å². The number of ether oxygens (including phenoxy) is 2. The summed E-state index contributed by atoms with van der Waals surface area (Å²) in [5.41, 5.74) is 1.94. The molecule has 6 nitrogen and oxygen atoms in total. The Balaban J connectivity index is 1.54. The van der Waals surface area contributed by atoms with Crippen LogP contribution in [-0.4, -0.2) is 60.3 Å².